The van der Waals surface area contributed by atoms with Gasteiger partial charge in [0.25, 0.3) is 0 Å². The number of nitrogens with one attached hydrogen (secondary N) is 1. The van der Waals surface area contributed by atoms with Crippen molar-refractivity contribution in [1.29, 1.82) is 0 Å². The Hall–Kier alpha value is -2.34. The molecule has 128 valence electrons. The number of amides is 2. The Morgan fingerprint density at radius 1 is 1.38 bits per heavy atom. The largest absolute Gasteiger partial charge is 0.454 e. The number of carbonyl (C=O) groups is 2. The average Bonchev–Trinajstić information content (AvgIpc) is 2.92. The van der Waals surface area contributed by atoms with E-state index in [-0.39, 0.29) is 18.1 Å². The highest BCUT2D eigenvalue weighted by Crippen LogP contribution is 2.34. The molecule has 4 atom stereocenters. The van der Waals surface area contributed by atoms with Gasteiger partial charge in [-0.15, -0.1) is 0 Å². The van der Waals surface area contributed by atoms with Gasteiger partial charge < -0.3 is 14.8 Å². The average molecular weight is 330 g/mol. The molecule has 0 saturated carbocycles. The zero-order valence-corrected chi connectivity index (χ0v) is 13.8. The first-order valence-electron chi connectivity index (χ1n) is 8.25. The first-order valence-corrected chi connectivity index (χ1v) is 8.25. The normalized spacial score (nSPS) is 29.4. The van der Waals surface area contributed by atoms with Crippen LogP contribution in [0.15, 0.2) is 42.6 Å². The molecule has 0 aliphatic carbocycles. The molecular weight excluding hydrogens is 308 g/mol. The van der Waals surface area contributed by atoms with E-state index < -0.39 is 18.3 Å². The molecule has 0 aromatic heterocycles. The monoisotopic (exact) mass is 330 g/mol. The number of carbonyl (C=O) groups excluding carboxylic acids is 2. The van der Waals surface area contributed by atoms with Crippen molar-refractivity contribution < 1.29 is 19.1 Å². The first-order chi connectivity index (χ1) is 11.6. The summed E-state index contributed by atoms with van der Waals surface area (Å²) >= 11 is 0. The zero-order chi connectivity index (χ0) is 17.1. The van der Waals surface area contributed by atoms with Crippen LogP contribution in [0.25, 0.3) is 0 Å². The lowest BCUT2D eigenvalue weighted by molar-refractivity contribution is -0.0732. The molecule has 1 aromatic rings. The Labute approximate surface area is 141 Å². The Morgan fingerprint density at radius 3 is 2.79 bits per heavy atom. The summed E-state index contributed by atoms with van der Waals surface area (Å²) in [5.74, 6) is -0.392. The molecule has 1 unspecified atom stereocenters. The molecular formula is C18H22N2O4. The highest BCUT2D eigenvalue weighted by Gasteiger charge is 2.47. The second-order valence-electron chi connectivity index (χ2n) is 6.07. The fourth-order valence-electron chi connectivity index (χ4n) is 3.18. The molecule has 2 aliphatic rings. The Kier molecular flexibility index (Phi) is 4.85. The summed E-state index contributed by atoms with van der Waals surface area (Å²) in [6, 6.07) is 8.61. The molecule has 2 heterocycles. The SMILES string of the molecule is CC[C@H]1O[C@@H](N2CC=CNC2=O)[C@@H](OC(=O)c2ccccc2)C1C. The smallest absolute Gasteiger partial charge is 0.338 e. The fourth-order valence-corrected chi connectivity index (χ4v) is 3.18. The van der Waals surface area contributed by atoms with Crippen LogP contribution < -0.4 is 5.32 Å². The van der Waals surface area contributed by atoms with Gasteiger partial charge in [0.2, 0.25) is 0 Å². The van der Waals surface area contributed by atoms with Crippen LogP contribution in [-0.4, -0.2) is 41.9 Å². The van der Waals surface area contributed by atoms with E-state index in [0.717, 1.165) is 6.42 Å². The van der Waals surface area contributed by atoms with Gasteiger partial charge in [-0.3, -0.25) is 4.90 Å². The van der Waals surface area contributed by atoms with Crippen molar-refractivity contribution >= 4 is 12.0 Å². The van der Waals surface area contributed by atoms with Gasteiger partial charge in [-0.05, 0) is 24.6 Å². The summed E-state index contributed by atoms with van der Waals surface area (Å²) < 4.78 is 11.8. The van der Waals surface area contributed by atoms with Crippen molar-refractivity contribution in [2.75, 3.05) is 6.54 Å². The van der Waals surface area contributed by atoms with Gasteiger partial charge in [-0.1, -0.05) is 32.0 Å². The fraction of sp³-hybridized carbons (Fsp3) is 0.444. The van der Waals surface area contributed by atoms with Crippen molar-refractivity contribution in [3.05, 3.63) is 48.2 Å². The van der Waals surface area contributed by atoms with Crippen LogP contribution in [0.1, 0.15) is 30.6 Å². The molecule has 1 aromatic carbocycles. The van der Waals surface area contributed by atoms with Crippen LogP contribution in [0.4, 0.5) is 4.79 Å². The molecule has 1 saturated heterocycles. The van der Waals surface area contributed by atoms with E-state index in [1.165, 1.54) is 0 Å². The van der Waals surface area contributed by atoms with Crippen molar-refractivity contribution in [2.45, 2.75) is 38.7 Å². The number of esters is 1. The topological polar surface area (TPSA) is 67.9 Å². The van der Waals surface area contributed by atoms with Crippen LogP contribution in [0, 0.1) is 5.92 Å². The maximum Gasteiger partial charge on any atom is 0.338 e. The third kappa shape index (κ3) is 3.14. The first kappa shape index (κ1) is 16.5. The lowest BCUT2D eigenvalue weighted by atomic mass is 9.98. The highest BCUT2D eigenvalue weighted by atomic mass is 16.6. The minimum atomic E-state index is -0.581. The van der Waals surface area contributed by atoms with E-state index >= 15 is 0 Å². The maximum atomic E-state index is 12.4. The molecule has 2 amide bonds. The second-order valence-corrected chi connectivity index (χ2v) is 6.07. The standard InChI is InChI=1S/C18H22N2O4/c1-3-14-12(2)15(24-17(21)13-8-5-4-6-9-13)16(23-14)20-11-7-10-19-18(20)22/h4-10,12,14-16H,3,11H2,1-2H3,(H,19,22)/t12?,14-,15+,16-/m1/s1. The van der Waals surface area contributed by atoms with E-state index in [9.17, 15) is 9.59 Å². The molecule has 0 bridgehead atoms. The maximum absolute atomic E-state index is 12.4. The number of nitrogens with zero attached hydrogens (tertiary/aromatic N) is 1. The summed E-state index contributed by atoms with van der Waals surface area (Å²) in [7, 11) is 0. The Bertz CT molecular complexity index is 631. The molecule has 24 heavy (non-hydrogen) atoms. The quantitative estimate of drug-likeness (QED) is 0.862. The third-order valence-corrected chi connectivity index (χ3v) is 4.55. The van der Waals surface area contributed by atoms with Crippen molar-refractivity contribution in [3.8, 4) is 0 Å². The second kappa shape index (κ2) is 7.05. The number of urea groups is 1. The van der Waals surface area contributed by atoms with E-state index in [4.69, 9.17) is 9.47 Å². The third-order valence-electron chi connectivity index (χ3n) is 4.55. The van der Waals surface area contributed by atoms with Crippen LogP contribution in [-0.2, 0) is 9.47 Å². The summed E-state index contributed by atoms with van der Waals surface area (Å²) in [6.07, 6.45) is 3.11. The van der Waals surface area contributed by atoms with Gasteiger partial charge in [0.05, 0.1) is 11.7 Å². The van der Waals surface area contributed by atoms with E-state index in [2.05, 4.69) is 5.32 Å². The molecule has 1 fully saturated rings. The number of benzene rings is 1. The van der Waals surface area contributed by atoms with E-state index in [1.807, 2.05) is 26.0 Å². The van der Waals surface area contributed by atoms with Gasteiger partial charge in [-0.2, -0.15) is 0 Å². The lowest BCUT2D eigenvalue weighted by Crippen LogP contribution is -2.52. The molecule has 1 N–H and O–H groups in total. The minimum absolute atomic E-state index is 0.00590. The highest BCUT2D eigenvalue weighted by molar-refractivity contribution is 5.89. The van der Waals surface area contributed by atoms with Crippen LogP contribution >= 0.6 is 0 Å². The Balaban J connectivity index is 1.80. The number of ether oxygens (including phenoxy) is 2. The molecule has 3 rings (SSSR count). The van der Waals surface area contributed by atoms with Crippen LogP contribution in [0.2, 0.25) is 0 Å². The number of hydrogen-bond acceptors (Lipinski definition) is 4. The summed E-state index contributed by atoms with van der Waals surface area (Å²) in [4.78, 5) is 26.1. The lowest BCUT2D eigenvalue weighted by Gasteiger charge is -2.32. The molecule has 6 heteroatoms. The van der Waals surface area contributed by atoms with Gasteiger partial charge in [0.1, 0.15) is 0 Å². The van der Waals surface area contributed by atoms with Crippen molar-refractivity contribution in [2.24, 2.45) is 5.92 Å². The molecule has 0 spiro atoms. The van der Waals surface area contributed by atoms with Gasteiger partial charge >= 0.3 is 12.0 Å². The number of hydrogen-bond donors (Lipinski definition) is 1. The minimum Gasteiger partial charge on any atom is -0.454 e. The number of rotatable bonds is 4. The molecule has 6 nitrogen and oxygen atoms in total. The predicted molar refractivity (Wildman–Crippen MR) is 88.1 cm³/mol. The van der Waals surface area contributed by atoms with E-state index in [0.29, 0.717) is 12.1 Å². The summed E-state index contributed by atoms with van der Waals surface area (Å²) in [6.45, 7) is 4.45. The van der Waals surface area contributed by atoms with Gasteiger partial charge in [0, 0.05) is 18.7 Å². The van der Waals surface area contributed by atoms with Gasteiger partial charge in [-0.25, -0.2) is 9.59 Å². The van der Waals surface area contributed by atoms with Crippen LogP contribution in [0.3, 0.4) is 0 Å². The Morgan fingerprint density at radius 2 is 2.12 bits per heavy atom. The van der Waals surface area contributed by atoms with Crippen LogP contribution in [0.5, 0.6) is 0 Å². The van der Waals surface area contributed by atoms with E-state index in [1.54, 1.807) is 35.4 Å². The van der Waals surface area contributed by atoms with Crippen molar-refractivity contribution in [1.82, 2.24) is 10.2 Å². The van der Waals surface area contributed by atoms with Crippen molar-refractivity contribution in [3.63, 3.8) is 0 Å². The zero-order valence-electron chi connectivity index (χ0n) is 13.8. The molecule has 2 aliphatic heterocycles. The summed E-state index contributed by atoms with van der Waals surface area (Å²) in [5, 5.41) is 2.65. The summed E-state index contributed by atoms with van der Waals surface area (Å²) in [5.41, 5.74) is 0.492. The van der Waals surface area contributed by atoms with Gasteiger partial charge in [0.15, 0.2) is 12.3 Å². The predicted octanol–water partition coefficient (Wildman–Crippen LogP) is 2.52. The molecule has 0 radical (unpaired) electrons.